The van der Waals surface area contributed by atoms with Crippen LogP contribution in [0.4, 0.5) is 0 Å². The van der Waals surface area contributed by atoms with E-state index in [1.807, 2.05) is 0 Å². The molecule has 2 aliphatic rings. The molecule has 0 radical (unpaired) electrons. The van der Waals surface area contributed by atoms with Gasteiger partial charge in [0.2, 0.25) is 0 Å². The summed E-state index contributed by atoms with van der Waals surface area (Å²) in [5.41, 5.74) is 0.307. The Morgan fingerprint density at radius 3 is 1.94 bits per heavy atom. The number of carbonyl (C=O) groups excluding carboxylic acids is 2. The number of hydrogen-bond acceptors (Lipinski definition) is 3. The summed E-state index contributed by atoms with van der Waals surface area (Å²) in [6.07, 6.45) is 3.25. The number of aliphatic carboxylic acids is 1. The van der Waals surface area contributed by atoms with E-state index in [9.17, 15) is 4.79 Å². The van der Waals surface area contributed by atoms with E-state index in [0.29, 0.717) is 11.7 Å². The first-order valence-corrected chi connectivity index (χ1v) is 5.42. The summed E-state index contributed by atoms with van der Waals surface area (Å²) in [5.74, 6) is 0.110. The van der Waals surface area contributed by atoms with E-state index in [-0.39, 0.29) is 40.4 Å². The number of ketones is 1. The van der Waals surface area contributed by atoms with Crippen molar-refractivity contribution in [2.24, 2.45) is 16.7 Å². The molecule has 2 fully saturated rings. The maximum Gasteiger partial charge on any atom is 1.00 e. The summed E-state index contributed by atoms with van der Waals surface area (Å²) in [6, 6.07) is 0. The van der Waals surface area contributed by atoms with Crippen LogP contribution in [0.25, 0.3) is 0 Å². The molecule has 0 aromatic rings. The van der Waals surface area contributed by atoms with Crippen molar-refractivity contribution in [1.29, 1.82) is 0 Å². The van der Waals surface area contributed by atoms with E-state index in [4.69, 9.17) is 9.90 Å². The minimum absolute atomic E-state index is 0. The minimum Gasteiger partial charge on any atom is -0.550 e. The van der Waals surface area contributed by atoms with E-state index in [2.05, 4.69) is 20.8 Å². The van der Waals surface area contributed by atoms with Crippen molar-refractivity contribution in [3.63, 3.8) is 0 Å². The van der Waals surface area contributed by atoms with E-state index >= 15 is 0 Å². The standard InChI is InChI=1S/C10H16O.C2H4O2.Na/c1-9(2)7-4-5-10(9,3)8(11)6-7;1-2(3)4;/h7H,4-6H2,1-3H3;1H3,(H,3,4);/q;;+1/p-1. The van der Waals surface area contributed by atoms with Gasteiger partial charge in [0.25, 0.3) is 0 Å². The van der Waals surface area contributed by atoms with Crippen LogP contribution in [-0.2, 0) is 9.59 Å². The number of fused-ring (bicyclic) bond motifs is 2. The fraction of sp³-hybridized carbons (Fsp3) is 0.833. The molecule has 0 spiro atoms. The Kier molecular flexibility index (Phi) is 5.24. The van der Waals surface area contributed by atoms with E-state index < -0.39 is 5.97 Å². The molecule has 2 atom stereocenters. The Hall–Kier alpha value is 0.140. The van der Waals surface area contributed by atoms with Crippen LogP contribution in [0.1, 0.15) is 47.0 Å². The number of rotatable bonds is 0. The van der Waals surface area contributed by atoms with Crippen LogP contribution in [0.15, 0.2) is 0 Å². The topological polar surface area (TPSA) is 57.2 Å². The summed E-state index contributed by atoms with van der Waals surface area (Å²) in [4.78, 5) is 20.5. The van der Waals surface area contributed by atoms with Crippen molar-refractivity contribution in [3.05, 3.63) is 0 Å². The van der Waals surface area contributed by atoms with Gasteiger partial charge >= 0.3 is 29.6 Å². The molecule has 0 aliphatic heterocycles. The van der Waals surface area contributed by atoms with Gasteiger partial charge in [-0.15, -0.1) is 0 Å². The molecular weight excluding hydrogens is 215 g/mol. The van der Waals surface area contributed by atoms with Gasteiger partial charge in [0.1, 0.15) is 5.78 Å². The molecule has 0 N–H and O–H groups in total. The molecule has 0 saturated heterocycles. The van der Waals surface area contributed by atoms with Gasteiger partial charge in [-0.3, -0.25) is 4.79 Å². The van der Waals surface area contributed by atoms with Crippen LogP contribution in [0.2, 0.25) is 0 Å². The predicted molar refractivity (Wildman–Crippen MR) is 54.9 cm³/mol. The number of carbonyl (C=O) groups is 2. The molecule has 2 aliphatic carbocycles. The fourth-order valence-corrected chi connectivity index (χ4v) is 2.90. The molecule has 4 heteroatoms. The third-order valence-corrected chi connectivity index (χ3v) is 4.48. The smallest absolute Gasteiger partial charge is 0.550 e. The Labute approximate surface area is 119 Å². The van der Waals surface area contributed by atoms with Crippen LogP contribution in [0.3, 0.4) is 0 Å². The largest absolute Gasteiger partial charge is 1.00 e. The third kappa shape index (κ3) is 2.52. The van der Waals surface area contributed by atoms with Crippen molar-refractivity contribution in [3.8, 4) is 0 Å². The maximum absolute atomic E-state index is 11.6. The van der Waals surface area contributed by atoms with Crippen LogP contribution >= 0.6 is 0 Å². The average molecular weight is 234 g/mol. The molecule has 16 heavy (non-hydrogen) atoms. The molecule has 2 saturated carbocycles. The average Bonchev–Trinajstić information content (AvgIpc) is 2.36. The molecule has 0 aromatic heterocycles. The quantitative estimate of drug-likeness (QED) is 0.463. The monoisotopic (exact) mass is 234 g/mol. The SMILES string of the molecule is CC(=O)[O-].CC12CCC(CC1=O)C2(C)C.[Na+]. The van der Waals surface area contributed by atoms with E-state index in [0.717, 1.165) is 19.8 Å². The molecule has 2 bridgehead atoms. The fourth-order valence-electron chi connectivity index (χ4n) is 2.90. The van der Waals surface area contributed by atoms with Crippen molar-refractivity contribution in [1.82, 2.24) is 0 Å². The predicted octanol–water partition coefficient (Wildman–Crippen LogP) is -1.84. The van der Waals surface area contributed by atoms with Gasteiger partial charge in [-0.2, -0.15) is 0 Å². The first-order valence-electron chi connectivity index (χ1n) is 5.42. The summed E-state index contributed by atoms with van der Waals surface area (Å²) < 4.78 is 0. The van der Waals surface area contributed by atoms with Gasteiger partial charge in [0.05, 0.1) is 0 Å². The number of carboxylic acids is 1. The Bertz CT molecular complexity index is 295. The molecule has 2 rings (SSSR count). The zero-order valence-electron chi connectivity index (χ0n) is 10.9. The molecule has 0 amide bonds. The van der Waals surface area contributed by atoms with Crippen molar-refractivity contribution in [2.45, 2.75) is 47.0 Å². The normalized spacial score (nSPS) is 33.8. The summed E-state index contributed by atoms with van der Waals surface area (Å²) >= 11 is 0. The van der Waals surface area contributed by atoms with Gasteiger partial charge in [-0.05, 0) is 31.1 Å². The maximum atomic E-state index is 11.6. The van der Waals surface area contributed by atoms with E-state index in [1.165, 1.54) is 6.42 Å². The zero-order valence-corrected chi connectivity index (χ0v) is 12.9. The van der Waals surface area contributed by atoms with Gasteiger partial charge in [-0.1, -0.05) is 20.8 Å². The second-order valence-electron chi connectivity index (χ2n) is 5.41. The first-order chi connectivity index (χ1) is 6.72. The van der Waals surface area contributed by atoms with Gasteiger partial charge in [-0.25, -0.2) is 0 Å². The second kappa shape index (κ2) is 5.19. The van der Waals surface area contributed by atoms with Gasteiger partial charge in [0, 0.05) is 17.8 Å². The van der Waals surface area contributed by atoms with Gasteiger partial charge in [0.15, 0.2) is 0 Å². The molecular formula is C12H19NaO3. The zero-order chi connectivity index (χ0) is 11.9. The molecule has 0 heterocycles. The Balaban J connectivity index is 0.000000397. The summed E-state index contributed by atoms with van der Waals surface area (Å²) in [5, 5.41) is 8.89. The second-order valence-corrected chi connectivity index (χ2v) is 5.41. The Morgan fingerprint density at radius 1 is 1.38 bits per heavy atom. The molecule has 0 aromatic carbocycles. The van der Waals surface area contributed by atoms with Gasteiger partial charge < -0.3 is 9.90 Å². The summed E-state index contributed by atoms with van der Waals surface area (Å²) in [7, 11) is 0. The van der Waals surface area contributed by atoms with Crippen LogP contribution in [-0.4, -0.2) is 11.8 Å². The van der Waals surface area contributed by atoms with Crippen LogP contribution in [0, 0.1) is 16.7 Å². The summed E-state index contributed by atoms with van der Waals surface area (Å²) in [6.45, 7) is 7.65. The number of hydrogen-bond donors (Lipinski definition) is 0. The van der Waals surface area contributed by atoms with Crippen LogP contribution < -0.4 is 34.7 Å². The van der Waals surface area contributed by atoms with Crippen molar-refractivity contribution >= 4 is 11.8 Å². The van der Waals surface area contributed by atoms with Crippen molar-refractivity contribution in [2.75, 3.05) is 0 Å². The first kappa shape index (κ1) is 16.1. The number of Topliss-reactive ketones (excluding diaryl/α,β-unsaturated/α-hetero) is 1. The molecule has 2 unspecified atom stereocenters. The Morgan fingerprint density at radius 2 is 1.81 bits per heavy atom. The third-order valence-electron chi connectivity index (χ3n) is 4.48. The number of carboxylic acid groups (broad SMARTS) is 1. The van der Waals surface area contributed by atoms with E-state index in [1.54, 1.807) is 0 Å². The van der Waals surface area contributed by atoms with Crippen molar-refractivity contribution < 1.29 is 44.3 Å². The molecule has 86 valence electrons. The molecule has 3 nitrogen and oxygen atoms in total. The minimum atomic E-state index is -1.08. The van der Waals surface area contributed by atoms with Crippen LogP contribution in [0.5, 0.6) is 0 Å².